The number of halogens is 3. The predicted octanol–water partition coefficient (Wildman–Crippen LogP) is 3.47. The lowest BCUT2D eigenvalue weighted by molar-refractivity contribution is -0.123. The van der Waals surface area contributed by atoms with Crippen molar-refractivity contribution in [1.82, 2.24) is 16.0 Å². The number of benzene rings is 1. The number of amides is 1. The number of aliphatic imine (C=N–C) groups is 1. The number of rotatable bonds is 9. The zero-order chi connectivity index (χ0) is 18.7. The first-order valence-electron chi connectivity index (χ1n) is 8.67. The molecule has 0 aliphatic heterocycles. The van der Waals surface area contributed by atoms with Gasteiger partial charge in [0, 0.05) is 36.6 Å². The predicted molar refractivity (Wildman–Crippen MR) is 120 cm³/mol. The molecule has 8 heteroatoms. The summed E-state index contributed by atoms with van der Waals surface area (Å²) in [6, 6.07) is 5.12. The Balaban J connectivity index is 0.00000625. The van der Waals surface area contributed by atoms with Gasteiger partial charge in [0.15, 0.2) is 5.96 Å². The lowest BCUT2D eigenvalue weighted by atomic mass is 10.1. The van der Waals surface area contributed by atoms with Gasteiger partial charge in [0.25, 0.3) is 0 Å². The molecule has 26 heavy (non-hydrogen) atoms. The van der Waals surface area contributed by atoms with E-state index in [4.69, 9.17) is 0 Å². The van der Waals surface area contributed by atoms with Crippen LogP contribution in [0, 0.1) is 11.7 Å². The largest absolute Gasteiger partial charge is 0.357 e. The Labute approximate surface area is 181 Å². The second kappa shape index (κ2) is 14.2. The minimum absolute atomic E-state index is 0. The van der Waals surface area contributed by atoms with Crippen LogP contribution in [0.3, 0.4) is 0 Å². The molecule has 0 radical (unpaired) electrons. The fraction of sp³-hybridized carbons (Fsp3) is 0.556. The van der Waals surface area contributed by atoms with Gasteiger partial charge in [0.05, 0.1) is 0 Å². The number of hydrogen-bond donors (Lipinski definition) is 3. The molecule has 3 N–H and O–H groups in total. The van der Waals surface area contributed by atoms with Crippen LogP contribution in [0.25, 0.3) is 0 Å². The second-order valence-electron chi connectivity index (χ2n) is 5.97. The number of nitrogens with one attached hydrogen (secondary N) is 3. The Bertz CT molecular complexity index is 584. The summed E-state index contributed by atoms with van der Waals surface area (Å²) in [5.74, 6) is 0.544. The van der Waals surface area contributed by atoms with Gasteiger partial charge in [-0.3, -0.25) is 9.79 Å². The number of carbonyl (C=O) groups excluding carboxylic acids is 1. The summed E-state index contributed by atoms with van der Waals surface area (Å²) in [6.07, 6.45) is 1.41. The van der Waals surface area contributed by atoms with Crippen LogP contribution in [0.5, 0.6) is 0 Å². The van der Waals surface area contributed by atoms with E-state index >= 15 is 0 Å². The van der Waals surface area contributed by atoms with Gasteiger partial charge in [-0.05, 0) is 37.5 Å². The molecule has 148 valence electrons. The van der Waals surface area contributed by atoms with Gasteiger partial charge in [-0.15, -0.1) is 24.0 Å². The zero-order valence-electron chi connectivity index (χ0n) is 15.6. The summed E-state index contributed by atoms with van der Waals surface area (Å²) in [4.78, 5) is 16.0. The van der Waals surface area contributed by atoms with Gasteiger partial charge >= 0.3 is 0 Å². The highest BCUT2D eigenvalue weighted by atomic mass is 127. The molecular formula is C18H29BrFIN4O. The molecule has 0 saturated carbocycles. The highest BCUT2D eigenvalue weighted by Crippen LogP contribution is 2.16. The van der Waals surface area contributed by atoms with Crippen molar-refractivity contribution >= 4 is 51.8 Å². The lowest BCUT2D eigenvalue weighted by Crippen LogP contribution is -2.42. The highest BCUT2D eigenvalue weighted by molar-refractivity contribution is 14.0. The molecule has 0 aliphatic carbocycles. The standard InChI is InChI=1S/C18H28BrFN4O.HI/c1-4-21-18(24-11-10-22-17(25)13(2)3)23-9-5-6-14-7-8-15(19)12-16(14)20;/h7-8,12-13H,4-6,9-11H2,1-3H3,(H,22,25)(H2,21,23,24);1H. The van der Waals surface area contributed by atoms with E-state index in [-0.39, 0.29) is 41.6 Å². The molecule has 0 aliphatic rings. The molecule has 1 amide bonds. The topological polar surface area (TPSA) is 65.5 Å². The molecule has 1 rings (SSSR count). The quantitative estimate of drug-likeness (QED) is 0.194. The third-order valence-corrected chi connectivity index (χ3v) is 3.97. The molecule has 0 unspecified atom stereocenters. The van der Waals surface area contributed by atoms with Crippen LogP contribution in [-0.4, -0.2) is 38.0 Å². The van der Waals surface area contributed by atoms with Crippen molar-refractivity contribution in [3.8, 4) is 0 Å². The van der Waals surface area contributed by atoms with Crippen molar-refractivity contribution in [3.05, 3.63) is 34.1 Å². The first kappa shape index (κ1) is 25.1. The van der Waals surface area contributed by atoms with E-state index in [0.29, 0.717) is 37.6 Å². The first-order valence-corrected chi connectivity index (χ1v) is 9.47. The van der Waals surface area contributed by atoms with E-state index in [1.54, 1.807) is 6.07 Å². The molecule has 5 nitrogen and oxygen atoms in total. The van der Waals surface area contributed by atoms with Crippen LogP contribution in [0.15, 0.2) is 27.7 Å². The van der Waals surface area contributed by atoms with Crippen molar-refractivity contribution in [2.45, 2.75) is 33.6 Å². The smallest absolute Gasteiger partial charge is 0.222 e. The zero-order valence-corrected chi connectivity index (χ0v) is 19.5. The number of hydrogen-bond acceptors (Lipinski definition) is 2. The van der Waals surface area contributed by atoms with Gasteiger partial charge in [0.2, 0.25) is 5.91 Å². The van der Waals surface area contributed by atoms with Crippen LogP contribution >= 0.6 is 39.9 Å². The molecule has 1 aromatic rings. The summed E-state index contributed by atoms with van der Waals surface area (Å²) < 4.78 is 14.5. The molecule has 0 spiro atoms. The van der Waals surface area contributed by atoms with E-state index in [1.165, 1.54) is 6.07 Å². The van der Waals surface area contributed by atoms with Crippen molar-refractivity contribution < 1.29 is 9.18 Å². The number of nitrogens with zero attached hydrogens (tertiary/aromatic N) is 1. The number of aryl methyl sites for hydroxylation is 1. The van der Waals surface area contributed by atoms with E-state index < -0.39 is 0 Å². The lowest BCUT2D eigenvalue weighted by Gasteiger charge is -2.12. The molecule has 0 fully saturated rings. The molecule has 0 aromatic heterocycles. The van der Waals surface area contributed by atoms with Gasteiger partial charge < -0.3 is 16.0 Å². The summed E-state index contributed by atoms with van der Waals surface area (Å²) >= 11 is 3.26. The van der Waals surface area contributed by atoms with Crippen molar-refractivity contribution in [1.29, 1.82) is 0 Å². The van der Waals surface area contributed by atoms with Gasteiger partial charge in [-0.1, -0.05) is 35.8 Å². The normalized spacial score (nSPS) is 11.1. The maximum Gasteiger partial charge on any atom is 0.222 e. The van der Waals surface area contributed by atoms with E-state index in [2.05, 4.69) is 36.9 Å². The number of guanidine groups is 1. The molecule has 1 aromatic carbocycles. The monoisotopic (exact) mass is 542 g/mol. The van der Waals surface area contributed by atoms with Crippen LogP contribution in [0.2, 0.25) is 0 Å². The van der Waals surface area contributed by atoms with Crippen LogP contribution in [0.1, 0.15) is 32.8 Å². The second-order valence-corrected chi connectivity index (χ2v) is 6.89. The van der Waals surface area contributed by atoms with Gasteiger partial charge in [0.1, 0.15) is 5.82 Å². The average molecular weight is 543 g/mol. The fourth-order valence-corrected chi connectivity index (χ4v) is 2.43. The SMILES string of the molecule is CCNC(=NCCCc1ccc(Br)cc1F)NCCNC(=O)C(C)C.I. The summed E-state index contributed by atoms with van der Waals surface area (Å²) in [5, 5.41) is 9.18. The third-order valence-electron chi connectivity index (χ3n) is 3.47. The molecule has 0 saturated heterocycles. The minimum atomic E-state index is -0.190. The van der Waals surface area contributed by atoms with E-state index in [0.717, 1.165) is 17.4 Å². The summed E-state index contributed by atoms with van der Waals surface area (Å²) in [5.41, 5.74) is 0.702. The fourth-order valence-electron chi connectivity index (χ4n) is 2.10. The Morgan fingerprint density at radius 3 is 2.54 bits per heavy atom. The third kappa shape index (κ3) is 10.3. The molecule has 0 atom stereocenters. The summed E-state index contributed by atoms with van der Waals surface area (Å²) in [6.45, 7) is 8.23. The molecule has 0 bridgehead atoms. The molecule has 0 heterocycles. The summed E-state index contributed by atoms with van der Waals surface area (Å²) in [7, 11) is 0. The Morgan fingerprint density at radius 2 is 1.92 bits per heavy atom. The maximum absolute atomic E-state index is 13.8. The average Bonchev–Trinajstić information content (AvgIpc) is 2.56. The Kier molecular flexibility index (Phi) is 13.7. The van der Waals surface area contributed by atoms with Crippen molar-refractivity contribution in [2.75, 3.05) is 26.2 Å². The van der Waals surface area contributed by atoms with Crippen LogP contribution < -0.4 is 16.0 Å². The highest BCUT2D eigenvalue weighted by Gasteiger charge is 2.05. The maximum atomic E-state index is 13.8. The Morgan fingerprint density at radius 1 is 1.23 bits per heavy atom. The number of carbonyl (C=O) groups is 1. The molecular weight excluding hydrogens is 514 g/mol. The van der Waals surface area contributed by atoms with Gasteiger partial charge in [-0.25, -0.2) is 4.39 Å². The van der Waals surface area contributed by atoms with E-state index in [1.807, 2.05) is 26.8 Å². The van der Waals surface area contributed by atoms with E-state index in [9.17, 15) is 9.18 Å². The van der Waals surface area contributed by atoms with Crippen molar-refractivity contribution in [3.63, 3.8) is 0 Å². The van der Waals surface area contributed by atoms with Gasteiger partial charge in [-0.2, -0.15) is 0 Å². The first-order chi connectivity index (χ1) is 11.9. The van der Waals surface area contributed by atoms with Crippen LogP contribution in [-0.2, 0) is 11.2 Å². The Hall–Kier alpha value is -0.900. The van der Waals surface area contributed by atoms with Crippen molar-refractivity contribution in [2.24, 2.45) is 10.9 Å². The minimum Gasteiger partial charge on any atom is -0.357 e. The van der Waals surface area contributed by atoms with Crippen LogP contribution in [0.4, 0.5) is 4.39 Å².